The second-order valence-corrected chi connectivity index (χ2v) is 6.48. The Morgan fingerprint density at radius 3 is 1.93 bits per heavy atom. The van der Waals surface area contributed by atoms with Crippen LogP contribution in [0.3, 0.4) is 0 Å². The zero-order valence-corrected chi connectivity index (χ0v) is 18.7. The lowest BCUT2D eigenvalue weighted by atomic mass is 9.96. The molecule has 2 nitrogen and oxygen atoms in total. The van der Waals surface area contributed by atoms with Crippen LogP contribution in [-0.2, 0) is 0 Å². The summed E-state index contributed by atoms with van der Waals surface area (Å²) in [6.07, 6.45) is 3.62. The summed E-state index contributed by atoms with van der Waals surface area (Å²) >= 11 is 0. The molecule has 0 saturated carbocycles. The van der Waals surface area contributed by atoms with Crippen LogP contribution in [0.1, 0.15) is 90.9 Å². The van der Waals surface area contributed by atoms with Crippen molar-refractivity contribution in [1.82, 2.24) is 0 Å². The Morgan fingerprint density at radius 1 is 0.815 bits per heavy atom. The summed E-state index contributed by atoms with van der Waals surface area (Å²) in [6, 6.07) is 16.5. The van der Waals surface area contributed by atoms with E-state index in [-0.39, 0.29) is 6.10 Å². The third-order valence-corrected chi connectivity index (χ3v) is 4.05. The lowest BCUT2D eigenvalue weighted by molar-refractivity contribution is 0.216. The highest BCUT2D eigenvalue weighted by Crippen LogP contribution is 2.34. The van der Waals surface area contributed by atoms with Crippen molar-refractivity contribution in [3.05, 3.63) is 59.7 Å². The van der Waals surface area contributed by atoms with Crippen molar-refractivity contribution < 1.29 is 9.47 Å². The maximum atomic E-state index is 6.09. The molecular weight excluding hydrogens is 332 g/mol. The molecule has 2 atom stereocenters. The van der Waals surface area contributed by atoms with E-state index in [1.807, 2.05) is 38.1 Å². The molecule has 0 fully saturated rings. The van der Waals surface area contributed by atoms with Crippen LogP contribution in [0.15, 0.2) is 48.5 Å². The molecule has 0 saturated heterocycles. The summed E-state index contributed by atoms with van der Waals surface area (Å²) in [5.74, 6) is 2.15. The lowest BCUT2D eigenvalue weighted by Crippen LogP contribution is -2.04. The minimum atomic E-state index is -0.00554. The molecule has 2 heteroatoms. The molecule has 152 valence electrons. The Bertz CT molecular complexity index is 593. The van der Waals surface area contributed by atoms with Crippen LogP contribution in [-0.4, -0.2) is 7.11 Å². The molecule has 0 spiro atoms. The third-order valence-electron chi connectivity index (χ3n) is 4.05. The first-order chi connectivity index (χ1) is 13.1. The van der Waals surface area contributed by atoms with Crippen molar-refractivity contribution in [3.63, 3.8) is 0 Å². The molecule has 0 bridgehead atoms. The van der Waals surface area contributed by atoms with Crippen LogP contribution < -0.4 is 9.47 Å². The maximum absolute atomic E-state index is 6.09. The van der Waals surface area contributed by atoms with Crippen LogP contribution in [0.5, 0.6) is 11.5 Å². The Balaban J connectivity index is 0.00000123. The molecule has 0 radical (unpaired) electrons. The molecule has 0 aromatic heterocycles. The SMILES string of the molecule is CC.CCC.CCCC(C)c1ccc(OC(C)c2ccccc2)c(OC)c1. The van der Waals surface area contributed by atoms with E-state index < -0.39 is 0 Å². The van der Waals surface area contributed by atoms with Crippen molar-refractivity contribution in [2.24, 2.45) is 0 Å². The zero-order valence-electron chi connectivity index (χ0n) is 18.7. The minimum absolute atomic E-state index is 0.00554. The molecule has 2 rings (SSSR count). The second-order valence-electron chi connectivity index (χ2n) is 6.48. The average Bonchev–Trinajstić information content (AvgIpc) is 2.71. The number of methoxy groups -OCH3 is 1. The van der Waals surface area contributed by atoms with Crippen LogP contribution in [0, 0.1) is 0 Å². The van der Waals surface area contributed by atoms with E-state index in [2.05, 4.69) is 58.9 Å². The van der Waals surface area contributed by atoms with Gasteiger partial charge >= 0.3 is 0 Å². The highest BCUT2D eigenvalue weighted by molar-refractivity contribution is 5.44. The van der Waals surface area contributed by atoms with Crippen LogP contribution in [0.25, 0.3) is 0 Å². The van der Waals surface area contributed by atoms with Crippen LogP contribution >= 0.6 is 0 Å². The summed E-state index contributed by atoms with van der Waals surface area (Å²) in [5, 5.41) is 0. The van der Waals surface area contributed by atoms with Gasteiger partial charge in [-0.3, -0.25) is 0 Å². The number of hydrogen-bond acceptors (Lipinski definition) is 2. The summed E-state index contributed by atoms with van der Waals surface area (Å²) in [7, 11) is 1.70. The Hall–Kier alpha value is -1.96. The van der Waals surface area contributed by atoms with Crippen LogP contribution in [0.4, 0.5) is 0 Å². The Morgan fingerprint density at radius 2 is 1.41 bits per heavy atom. The molecule has 0 heterocycles. The van der Waals surface area contributed by atoms with Gasteiger partial charge in [0.15, 0.2) is 11.5 Å². The molecule has 0 amide bonds. The fraction of sp³-hybridized carbons (Fsp3) is 0.520. The number of benzene rings is 2. The summed E-state index contributed by atoms with van der Waals surface area (Å²) in [6.45, 7) is 14.8. The monoisotopic (exact) mass is 372 g/mol. The number of ether oxygens (including phenoxy) is 2. The van der Waals surface area contributed by atoms with Gasteiger partial charge in [-0.05, 0) is 42.5 Å². The third kappa shape index (κ3) is 8.99. The van der Waals surface area contributed by atoms with Crippen molar-refractivity contribution in [2.45, 2.75) is 79.8 Å². The van der Waals surface area contributed by atoms with E-state index in [1.54, 1.807) is 7.11 Å². The molecule has 0 N–H and O–H groups in total. The predicted molar refractivity (Wildman–Crippen MR) is 119 cm³/mol. The second kappa shape index (κ2) is 15.1. The van der Waals surface area contributed by atoms with E-state index in [0.29, 0.717) is 5.92 Å². The topological polar surface area (TPSA) is 18.5 Å². The van der Waals surface area contributed by atoms with Gasteiger partial charge in [-0.2, -0.15) is 0 Å². The largest absolute Gasteiger partial charge is 0.493 e. The number of rotatable bonds is 7. The first-order valence-corrected chi connectivity index (χ1v) is 10.5. The van der Waals surface area contributed by atoms with Gasteiger partial charge in [-0.15, -0.1) is 0 Å². The standard InChI is InChI=1S/C20H26O2.C3H8.C2H6/c1-5-9-15(2)18-12-13-19(20(14-18)21-4)22-16(3)17-10-7-6-8-11-17;1-3-2;1-2/h6-8,10-16H,5,9H2,1-4H3;3H2,1-2H3;1-2H3. The first kappa shape index (κ1) is 25.0. The molecule has 2 unspecified atom stereocenters. The fourth-order valence-corrected chi connectivity index (χ4v) is 2.67. The Kier molecular flexibility index (Phi) is 14.0. The van der Waals surface area contributed by atoms with Gasteiger partial charge in [0.05, 0.1) is 7.11 Å². The molecule has 0 aliphatic rings. The van der Waals surface area contributed by atoms with Gasteiger partial charge in [0.1, 0.15) is 6.10 Å². The quantitative estimate of drug-likeness (QED) is 0.488. The molecule has 0 aliphatic heterocycles. The maximum Gasteiger partial charge on any atom is 0.162 e. The fourth-order valence-electron chi connectivity index (χ4n) is 2.67. The first-order valence-electron chi connectivity index (χ1n) is 10.5. The smallest absolute Gasteiger partial charge is 0.162 e. The van der Waals surface area contributed by atoms with Gasteiger partial charge < -0.3 is 9.47 Å². The molecular formula is C25H40O2. The Labute approximate surface area is 167 Å². The van der Waals surface area contributed by atoms with E-state index in [1.165, 1.54) is 24.8 Å². The van der Waals surface area contributed by atoms with Crippen molar-refractivity contribution in [3.8, 4) is 11.5 Å². The van der Waals surface area contributed by atoms with Gasteiger partial charge in [-0.25, -0.2) is 0 Å². The molecule has 2 aromatic rings. The van der Waals surface area contributed by atoms with E-state index >= 15 is 0 Å². The van der Waals surface area contributed by atoms with Gasteiger partial charge in [0, 0.05) is 0 Å². The summed E-state index contributed by atoms with van der Waals surface area (Å²) in [5.41, 5.74) is 2.46. The van der Waals surface area contributed by atoms with Gasteiger partial charge in [0.2, 0.25) is 0 Å². The highest BCUT2D eigenvalue weighted by atomic mass is 16.5. The average molecular weight is 373 g/mol. The van der Waals surface area contributed by atoms with E-state index in [4.69, 9.17) is 9.47 Å². The van der Waals surface area contributed by atoms with E-state index in [0.717, 1.165) is 17.1 Å². The summed E-state index contributed by atoms with van der Waals surface area (Å²) < 4.78 is 11.6. The van der Waals surface area contributed by atoms with Crippen LogP contribution in [0.2, 0.25) is 0 Å². The van der Waals surface area contributed by atoms with Gasteiger partial charge in [-0.1, -0.05) is 90.8 Å². The van der Waals surface area contributed by atoms with E-state index in [9.17, 15) is 0 Å². The number of hydrogen-bond donors (Lipinski definition) is 0. The normalized spacial score (nSPS) is 11.9. The highest BCUT2D eigenvalue weighted by Gasteiger charge is 2.13. The zero-order chi connectivity index (χ0) is 20.7. The predicted octanol–water partition coefficient (Wildman–Crippen LogP) is 8.18. The van der Waals surface area contributed by atoms with Crippen molar-refractivity contribution in [1.29, 1.82) is 0 Å². The molecule has 27 heavy (non-hydrogen) atoms. The van der Waals surface area contributed by atoms with Crippen molar-refractivity contribution in [2.75, 3.05) is 7.11 Å². The lowest BCUT2D eigenvalue weighted by Gasteiger charge is -2.19. The summed E-state index contributed by atoms with van der Waals surface area (Å²) in [4.78, 5) is 0. The minimum Gasteiger partial charge on any atom is -0.493 e. The molecule has 0 aliphatic carbocycles. The van der Waals surface area contributed by atoms with Gasteiger partial charge in [0.25, 0.3) is 0 Å². The van der Waals surface area contributed by atoms with Crippen molar-refractivity contribution >= 4 is 0 Å². The molecule has 2 aromatic carbocycles.